The average molecular weight is 321 g/mol. The molecule has 12 heteroatoms. The van der Waals surface area contributed by atoms with Crippen molar-refractivity contribution in [2.24, 2.45) is 0 Å². The van der Waals surface area contributed by atoms with Gasteiger partial charge in [0, 0.05) is 6.07 Å². The van der Waals surface area contributed by atoms with Gasteiger partial charge < -0.3 is 14.9 Å². The standard InChI is InChI=1S/C8H2ClF5N2O4/c9-5(17)2-1-3(20-8(12,13)14)4(6(10)11)7(15-2)16(18)19/h1,6H. The summed E-state index contributed by atoms with van der Waals surface area (Å²) >= 11 is 4.91. The van der Waals surface area contributed by atoms with Gasteiger partial charge in [-0.3, -0.25) is 4.79 Å². The molecule has 0 aliphatic carbocycles. The monoisotopic (exact) mass is 320 g/mol. The van der Waals surface area contributed by atoms with Crippen LogP contribution in [0, 0.1) is 10.1 Å². The zero-order valence-electron chi connectivity index (χ0n) is 8.95. The summed E-state index contributed by atoms with van der Waals surface area (Å²) in [6.07, 6.45) is -9.08. The van der Waals surface area contributed by atoms with Gasteiger partial charge in [-0.15, -0.1) is 13.2 Å². The zero-order chi connectivity index (χ0) is 15.7. The molecule has 0 aromatic carbocycles. The number of rotatable bonds is 4. The van der Waals surface area contributed by atoms with Crippen LogP contribution in [-0.4, -0.2) is 21.5 Å². The number of halogens is 6. The lowest BCUT2D eigenvalue weighted by Crippen LogP contribution is -2.19. The number of carbonyl (C=O) groups is 1. The van der Waals surface area contributed by atoms with E-state index in [2.05, 4.69) is 9.72 Å². The van der Waals surface area contributed by atoms with E-state index < -0.39 is 45.8 Å². The lowest BCUT2D eigenvalue weighted by molar-refractivity contribution is -0.391. The Bertz CT molecular complexity index is 563. The Morgan fingerprint density at radius 2 is 2.00 bits per heavy atom. The van der Waals surface area contributed by atoms with Gasteiger partial charge in [-0.25, -0.2) is 8.78 Å². The first kappa shape index (κ1) is 16.0. The van der Waals surface area contributed by atoms with Gasteiger partial charge in [-0.05, 0) is 21.5 Å². The number of carbonyl (C=O) groups excluding carboxylic acids is 1. The van der Waals surface area contributed by atoms with E-state index in [1.54, 1.807) is 0 Å². The molecule has 0 radical (unpaired) electrons. The molecule has 110 valence electrons. The zero-order valence-corrected chi connectivity index (χ0v) is 9.71. The fourth-order valence-electron chi connectivity index (χ4n) is 1.17. The van der Waals surface area contributed by atoms with Crippen molar-refractivity contribution in [3.8, 4) is 5.75 Å². The molecule has 0 bridgehead atoms. The number of ether oxygens (including phenoxy) is 1. The quantitative estimate of drug-likeness (QED) is 0.368. The highest BCUT2D eigenvalue weighted by molar-refractivity contribution is 6.67. The molecule has 20 heavy (non-hydrogen) atoms. The molecule has 0 amide bonds. The minimum absolute atomic E-state index is 0.150. The Labute approximate surface area is 111 Å². The first-order chi connectivity index (χ1) is 9.03. The van der Waals surface area contributed by atoms with E-state index in [1.165, 1.54) is 0 Å². The van der Waals surface area contributed by atoms with Gasteiger partial charge in [0.25, 0.3) is 11.7 Å². The second kappa shape index (κ2) is 5.53. The van der Waals surface area contributed by atoms with Crippen molar-refractivity contribution in [2.45, 2.75) is 12.8 Å². The predicted octanol–water partition coefficient (Wildman–Crippen LogP) is 3.21. The SMILES string of the molecule is O=C(Cl)c1cc(OC(F)(F)F)c(C(F)F)c([N+](=O)[O-])n1. The van der Waals surface area contributed by atoms with Crippen LogP contribution in [0.5, 0.6) is 5.75 Å². The van der Waals surface area contributed by atoms with Crippen LogP contribution in [0.25, 0.3) is 0 Å². The third-order valence-corrected chi connectivity index (χ3v) is 2.01. The van der Waals surface area contributed by atoms with Crippen LogP contribution in [0.3, 0.4) is 0 Å². The molecule has 0 unspecified atom stereocenters. The summed E-state index contributed by atoms with van der Waals surface area (Å²) in [4.78, 5) is 22.7. The predicted molar refractivity (Wildman–Crippen MR) is 52.7 cm³/mol. The molecule has 6 nitrogen and oxygen atoms in total. The van der Waals surface area contributed by atoms with Crippen LogP contribution in [-0.2, 0) is 0 Å². The lowest BCUT2D eigenvalue weighted by atomic mass is 10.2. The highest BCUT2D eigenvalue weighted by Gasteiger charge is 2.38. The summed E-state index contributed by atoms with van der Waals surface area (Å²) in [5, 5.41) is 9.07. The van der Waals surface area contributed by atoms with E-state index in [-0.39, 0.29) is 6.07 Å². The molecule has 1 aromatic heterocycles. The number of nitro groups is 1. The van der Waals surface area contributed by atoms with Gasteiger partial charge in [0.15, 0.2) is 11.3 Å². The van der Waals surface area contributed by atoms with Crippen molar-refractivity contribution in [2.75, 3.05) is 0 Å². The Morgan fingerprint density at radius 1 is 1.45 bits per heavy atom. The molecule has 0 saturated heterocycles. The maximum Gasteiger partial charge on any atom is 0.573 e. The van der Waals surface area contributed by atoms with Crippen LogP contribution in [0.2, 0.25) is 0 Å². The highest BCUT2D eigenvalue weighted by atomic mass is 35.5. The Hall–Kier alpha value is -2.04. The summed E-state index contributed by atoms with van der Waals surface area (Å²) < 4.78 is 64.8. The third kappa shape index (κ3) is 3.73. The second-order valence-corrected chi connectivity index (χ2v) is 3.47. The molecular formula is C8H2ClF5N2O4. The average Bonchev–Trinajstić information content (AvgIpc) is 2.24. The first-order valence-corrected chi connectivity index (χ1v) is 4.83. The van der Waals surface area contributed by atoms with Crippen molar-refractivity contribution in [1.82, 2.24) is 4.98 Å². The van der Waals surface area contributed by atoms with Crippen molar-refractivity contribution in [1.29, 1.82) is 0 Å². The molecule has 0 N–H and O–H groups in total. The fourth-order valence-corrected chi connectivity index (χ4v) is 1.27. The third-order valence-electron chi connectivity index (χ3n) is 1.82. The molecule has 1 heterocycles. The number of alkyl halides is 5. The highest BCUT2D eigenvalue weighted by Crippen LogP contribution is 2.38. The van der Waals surface area contributed by atoms with Crippen LogP contribution < -0.4 is 4.74 Å². The van der Waals surface area contributed by atoms with Gasteiger partial charge in [-0.2, -0.15) is 0 Å². The maximum atomic E-state index is 12.6. The molecular weight excluding hydrogens is 319 g/mol. The van der Waals surface area contributed by atoms with E-state index in [0.717, 1.165) is 0 Å². The molecule has 0 aliphatic rings. The summed E-state index contributed by atoms with van der Waals surface area (Å²) in [6.45, 7) is 0. The molecule has 0 spiro atoms. The van der Waals surface area contributed by atoms with Crippen LogP contribution in [0.1, 0.15) is 22.5 Å². The van der Waals surface area contributed by atoms with Crippen LogP contribution in [0.15, 0.2) is 6.07 Å². The van der Waals surface area contributed by atoms with Crippen molar-refractivity contribution in [3.05, 3.63) is 27.4 Å². The first-order valence-electron chi connectivity index (χ1n) is 4.46. The summed E-state index contributed by atoms with van der Waals surface area (Å²) in [6, 6.07) is 0.150. The summed E-state index contributed by atoms with van der Waals surface area (Å²) in [5.74, 6) is -3.26. The molecule has 1 aromatic rings. The van der Waals surface area contributed by atoms with Gasteiger partial charge in [0.1, 0.15) is 0 Å². The van der Waals surface area contributed by atoms with Gasteiger partial charge in [-0.1, -0.05) is 0 Å². The molecule has 0 saturated carbocycles. The molecule has 1 rings (SSSR count). The minimum atomic E-state index is -5.40. The summed E-state index contributed by atoms with van der Waals surface area (Å²) in [5.41, 5.74) is -2.73. The Balaban J connectivity index is 3.59. The topological polar surface area (TPSA) is 82.3 Å². The van der Waals surface area contributed by atoms with Crippen molar-refractivity contribution < 1.29 is 36.4 Å². The largest absolute Gasteiger partial charge is 0.573 e. The maximum absolute atomic E-state index is 12.6. The molecule has 0 atom stereocenters. The molecule has 0 fully saturated rings. The lowest BCUT2D eigenvalue weighted by Gasteiger charge is -2.12. The number of nitrogens with zero attached hydrogens (tertiary/aromatic N) is 2. The number of aromatic nitrogens is 1. The smallest absolute Gasteiger partial charge is 0.405 e. The van der Waals surface area contributed by atoms with Gasteiger partial charge in [0.05, 0.1) is 0 Å². The van der Waals surface area contributed by atoms with Crippen molar-refractivity contribution >= 4 is 22.7 Å². The van der Waals surface area contributed by atoms with E-state index in [4.69, 9.17) is 11.6 Å². The van der Waals surface area contributed by atoms with Crippen LogP contribution >= 0.6 is 11.6 Å². The molecule has 0 aliphatic heterocycles. The normalized spacial score (nSPS) is 11.6. The number of hydrogen-bond acceptors (Lipinski definition) is 5. The Morgan fingerprint density at radius 3 is 2.35 bits per heavy atom. The van der Waals surface area contributed by atoms with E-state index in [9.17, 15) is 36.9 Å². The Kier molecular flexibility index (Phi) is 4.43. The van der Waals surface area contributed by atoms with Crippen molar-refractivity contribution in [3.63, 3.8) is 0 Å². The summed E-state index contributed by atoms with van der Waals surface area (Å²) in [7, 11) is 0. The van der Waals surface area contributed by atoms with Crippen LogP contribution in [0.4, 0.5) is 27.8 Å². The van der Waals surface area contributed by atoms with E-state index in [1.807, 2.05) is 0 Å². The number of pyridine rings is 1. The van der Waals surface area contributed by atoms with Gasteiger partial charge >= 0.3 is 12.2 Å². The van der Waals surface area contributed by atoms with E-state index in [0.29, 0.717) is 0 Å². The fraction of sp³-hybridized carbons (Fsp3) is 0.250. The minimum Gasteiger partial charge on any atom is -0.405 e. The van der Waals surface area contributed by atoms with Gasteiger partial charge in [0.2, 0.25) is 5.69 Å². The number of hydrogen-bond donors (Lipinski definition) is 0. The second-order valence-electron chi connectivity index (χ2n) is 3.12. The van der Waals surface area contributed by atoms with E-state index >= 15 is 0 Å².